The molecule has 0 bridgehead atoms. The zero-order chi connectivity index (χ0) is 14.3. The number of hydrogen-bond donors (Lipinski definition) is 2. The lowest BCUT2D eigenvalue weighted by atomic mass is 9.96. The van der Waals surface area contributed by atoms with Gasteiger partial charge in [-0.15, -0.1) is 0 Å². The first-order valence-electron chi connectivity index (χ1n) is 6.93. The van der Waals surface area contributed by atoms with Crippen molar-refractivity contribution < 1.29 is 9.90 Å². The maximum absolute atomic E-state index is 11.8. The molecule has 1 aromatic heterocycles. The van der Waals surface area contributed by atoms with Crippen LogP contribution in [-0.2, 0) is 11.2 Å². The fraction of sp³-hybridized carbons (Fsp3) is 0.600. The summed E-state index contributed by atoms with van der Waals surface area (Å²) in [6.07, 6.45) is 3.33. The molecular weight excluding hydrogens is 240 g/mol. The number of rotatable bonds is 7. The molecule has 0 saturated heterocycles. The van der Waals surface area contributed by atoms with E-state index in [1.54, 1.807) is 6.20 Å². The van der Waals surface area contributed by atoms with Crippen LogP contribution >= 0.6 is 0 Å². The van der Waals surface area contributed by atoms with Gasteiger partial charge in [-0.1, -0.05) is 32.8 Å². The number of aryl methyl sites for hydroxylation is 1. The Hall–Kier alpha value is -1.42. The van der Waals surface area contributed by atoms with Crippen molar-refractivity contribution in [3.05, 3.63) is 29.6 Å². The smallest absolute Gasteiger partial charge is 0.226 e. The van der Waals surface area contributed by atoms with Crippen LogP contribution in [0.15, 0.2) is 18.3 Å². The van der Waals surface area contributed by atoms with E-state index in [0.29, 0.717) is 6.54 Å². The molecule has 2 N–H and O–H groups in total. The van der Waals surface area contributed by atoms with Gasteiger partial charge in [0.1, 0.15) is 0 Å². The molecule has 106 valence electrons. The third kappa shape index (κ3) is 4.99. The molecule has 19 heavy (non-hydrogen) atoms. The Balaban J connectivity index is 2.42. The van der Waals surface area contributed by atoms with E-state index in [1.807, 2.05) is 19.1 Å². The van der Waals surface area contributed by atoms with E-state index in [4.69, 9.17) is 0 Å². The summed E-state index contributed by atoms with van der Waals surface area (Å²) in [6.45, 7) is 6.36. The number of pyridine rings is 1. The molecule has 1 aromatic rings. The van der Waals surface area contributed by atoms with Crippen LogP contribution in [0.1, 0.15) is 37.9 Å². The Morgan fingerprint density at radius 1 is 1.42 bits per heavy atom. The zero-order valence-corrected chi connectivity index (χ0v) is 12.0. The predicted octanol–water partition coefficient (Wildman–Crippen LogP) is 1.85. The highest BCUT2D eigenvalue weighted by Crippen LogP contribution is 2.12. The number of nitrogens with one attached hydrogen (secondary N) is 1. The number of amides is 1. The monoisotopic (exact) mass is 264 g/mol. The van der Waals surface area contributed by atoms with Crippen molar-refractivity contribution in [1.29, 1.82) is 0 Å². The van der Waals surface area contributed by atoms with Crippen LogP contribution in [0.25, 0.3) is 0 Å². The van der Waals surface area contributed by atoms with Gasteiger partial charge in [0.2, 0.25) is 5.91 Å². The zero-order valence-electron chi connectivity index (χ0n) is 12.0. The predicted molar refractivity (Wildman–Crippen MR) is 75.8 cm³/mol. The average Bonchev–Trinajstić information content (AvgIpc) is 2.40. The van der Waals surface area contributed by atoms with Crippen molar-refractivity contribution in [2.24, 2.45) is 5.92 Å². The van der Waals surface area contributed by atoms with E-state index < -0.39 is 6.10 Å². The van der Waals surface area contributed by atoms with Crippen molar-refractivity contribution in [1.82, 2.24) is 10.3 Å². The second kappa shape index (κ2) is 7.89. The highest BCUT2D eigenvalue weighted by Gasteiger charge is 2.16. The molecule has 0 aliphatic carbocycles. The van der Waals surface area contributed by atoms with Crippen molar-refractivity contribution in [3.8, 4) is 0 Å². The van der Waals surface area contributed by atoms with Gasteiger partial charge in [0.25, 0.3) is 0 Å². The van der Waals surface area contributed by atoms with E-state index >= 15 is 0 Å². The molecule has 1 heterocycles. The highest BCUT2D eigenvalue weighted by molar-refractivity contribution is 5.78. The topological polar surface area (TPSA) is 62.2 Å². The summed E-state index contributed by atoms with van der Waals surface area (Å²) in [5, 5.41) is 12.7. The fourth-order valence-electron chi connectivity index (χ4n) is 2.14. The molecule has 4 nitrogen and oxygen atoms in total. The average molecular weight is 264 g/mol. The quantitative estimate of drug-likeness (QED) is 0.790. The van der Waals surface area contributed by atoms with E-state index in [2.05, 4.69) is 24.1 Å². The molecule has 1 unspecified atom stereocenters. The summed E-state index contributed by atoms with van der Waals surface area (Å²) in [6, 6.07) is 3.79. The maximum Gasteiger partial charge on any atom is 0.226 e. The molecule has 0 aliphatic heterocycles. The van der Waals surface area contributed by atoms with Crippen LogP contribution in [0.4, 0.5) is 0 Å². The van der Waals surface area contributed by atoms with Crippen LogP contribution in [-0.4, -0.2) is 28.6 Å². The Labute approximate surface area is 115 Å². The van der Waals surface area contributed by atoms with Gasteiger partial charge in [-0.3, -0.25) is 9.78 Å². The molecule has 1 atom stereocenters. The molecule has 0 aliphatic rings. The summed E-state index contributed by atoms with van der Waals surface area (Å²) in [4.78, 5) is 16.0. The Morgan fingerprint density at radius 3 is 2.68 bits per heavy atom. The maximum atomic E-state index is 11.8. The number of carbonyl (C=O) groups excluding carboxylic acids is 1. The van der Waals surface area contributed by atoms with Crippen molar-refractivity contribution in [2.75, 3.05) is 6.54 Å². The van der Waals surface area contributed by atoms with Gasteiger partial charge in [-0.2, -0.15) is 0 Å². The summed E-state index contributed by atoms with van der Waals surface area (Å²) >= 11 is 0. The third-order valence-electron chi connectivity index (χ3n) is 3.55. The van der Waals surface area contributed by atoms with Gasteiger partial charge in [0.05, 0.1) is 18.2 Å². The van der Waals surface area contributed by atoms with Gasteiger partial charge < -0.3 is 10.4 Å². The molecule has 0 radical (unpaired) electrons. The van der Waals surface area contributed by atoms with Gasteiger partial charge in [-0.05, 0) is 24.5 Å². The SMILES string of the molecule is CCC(CC)C(O)CNC(=O)Cc1ncccc1C. The van der Waals surface area contributed by atoms with Crippen LogP contribution in [0.5, 0.6) is 0 Å². The minimum Gasteiger partial charge on any atom is -0.391 e. The second-order valence-electron chi connectivity index (χ2n) is 4.89. The molecule has 1 rings (SSSR count). The van der Waals surface area contributed by atoms with Crippen LogP contribution in [0.3, 0.4) is 0 Å². The highest BCUT2D eigenvalue weighted by atomic mass is 16.3. The van der Waals surface area contributed by atoms with Gasteiger partial charge in [-0.25, -0.2) is 0 Å². The normalized spacial score (nSPS) is 12.5. The van der Waals surface area contributed by atoms with E-state index in [0.717, 1.165) is 24.1 Å². The van der Waals surface area contributed by atoms with Gasteiger partial charge in [0.15, 0.2) is 0 Å². The summed E-state index contributed by atoms with van der Waals surface area (Å²) in [7, 11) is 0. The molecule has 0 spiro atoms. The van der Waals surface area contributed by atoms with Crippen molar-refractivity contribution >= 4 is 5.91 Å². The molecule has 0 aromatic carbocycles. The number of aliphatic hydroxyl groups excluding tert-OH is 1. The molecule has 1 amide bonds. The molecule has 4 heteroatoms. The minimum absolute atomic E-state index is 0.0909. The lowest BCUT2D eigenvalue weighted by molar-refractivity contribution is -0.121. The first kappa shape index (κ1) is 15.6. The first-order chi connectivity index (χ1) is 9.08. The lowest BCUT2D eigenvalue weighted by Crippen LogP contribution is -2.37. The standard InChI is InChI=1S/C15H24N2O2/c1-4-12(5-2)14(18)10-17-15(19)9-13-11(3)7-6-8-16-13/h6-8,12,14,18H,4-5,9-10H2,1-3H3,(H,17,19). The van der Waals surface area contributed by atoms with E-state index in [1.165, 1.54) is 0 Å². The van der Waals surface area contributed by atoms with Crippen LogP contribution < -0.4 is 5.32 Å². The van der Waals surface area contributed by atoms with Crippen LogP contribution in [0.2, 0.25) is 0 Å². The minimum atomic E-state index is -0.469. The van der Waals surface area contributed by atoms with E-state index in [-0.39, 0.29) is 18.2 Å². The number of hydrogen-bond acceptors (Lipinski definition) is 3. The Morgan fingerprint density at radius 2 is 2.11 bits per heavy atom. The largest absolute Gasteiger partial charge is 0.391 e. The second-order valence-corrected chi connectivity index (χ2v) is 4.89. The molecule has 0 fully saturated rings. The van der Waals surface area contributed by atoms with E-state index in [9.17, 15) is 9.90 Å². The Bertz CT molecular complexity index is 403. The fourth-order valence-corrected chi connectivity index (χ4v) is 2.14. The lowest BCUT2D eigenvalue weighted by Gasteiger charge is -2.20. The van der Waals surface area contributed by atoms with Gasteiger partial charge in [0, 0.05) is 12.7 Å². The molecular formula is C15H24N2O2. The van der Waals surface area contributed by atoms with Gasteiger partial charge >= 0.3 is 0 Å². The number of aromatic nitrogens is 1. The Kier molecular flexibility index (Phi) is 6.50. The van der Waals surface area contributed by atoms with Crippen molar-refractivity contribution in [2.45, 2.75) is 46.1 Å². The third-order valence-corrected chi connectivity index (χ3v) is 3.55. The molecule has 0 saturated carbocycles. The number of aliphatic hydroxyl groups is 1. The summed E-state index contributed by atoms with van der Waals surface area (Å²) in [5.41, 5.74) is 1.80. The number of nitrogens with zero attached hydrogens (tertiary/aromatic N) is 1. The summed E-state index contributed by atoms with van der Waals surface area (Å²) in [5.74, 6) is 0.156. The van der Waals surface area contributed by atoms with Crippen molar-refractivity contribution in [3.63, 3.8) is 0 Å². The summed E-state index contributed by atoms with van der Waals surface area (Å²) < 4.78 is 0. The number of carbonyl (C=O) groups is 1. The van der Waals surface area contributed by atoms with Crippen LogP contribution in [0, 0.1) is 12.8 Å². The first-order valence-corrected chi connectivity index (χ1v) is 6.93.